The van der Waals surface area contributed by atoms with E-state index in [2.05, 4.69) is 4.57 Å². The highest BCUT2D eigenvalue weighted by Crippen LogP contribution is 2.41. The number of carbonyl (C=O) groups is 2. The molecule has 0 spiro atoms. The van der Waals surface area contributed by atoms with Crippen molar-refractivity contribution in [2.24, 2.45) is 5.92 Å². The summed E-state index contributed by atoms with van der Waals surface area (Å²) in [5.74, 6) is 0.523. The number of anilines is 1. The predicted molar refractivity (Wildman–Crippen MR) is 142 cm³/mol. The van der Waals surface area contributed by atoms with Crippen LogP contribution in [0.15, 0.2) is 30.3 Å². The van der Waals surface area contributed by atoms with Crippen LogP contribution in [0.1, 0.15) is 62.0 Å². The Morgan fingerprint density at radius 1 is 1.11 bits per heavy atom. The number of hydrogen-bond acceptors (Lipinski definition) is 5. The zero-order chi connectivity index (χ0) is 26.3. The number of nitrogens with zero attached hydrogens (tertiary/aromatic N) is 3. The average molecular weight is 526 g/mol. The third kappa shape index (κ3) is 4.63. The second-order valence-corrected chi connectivity index (χ2v) is 10.5. The summed E-state index contributed by atoms with van der Waals surface area (Å²) in [5.41, 5.74) is 4.82. The van der Waals surface area contributed by atoms with Crippen LogP contribution in [0.3, 0.4) is 0 Å². The molecule has 3 aromatic rings. The van der Waals surface area contributed by atoms with Crippen molar-refractivity contribution >= 4 is 40.4 Å². The summed E-state index contributed by atoms with van der Waals surface area (Å²) in [5, 5.41) is 10.1. The van der Waals surface area contributed by atoms with E-state index in [-0.39, 0.29) is 24.1 Å². The van der Waals surface area contributed by atoms with Gasteiger partial charge in [0.15, 0.2) is 0 Å². The van der Waals surface area contributed by atoms with Gasteiger partial charge in [-0.25, -0.2) is 9.78 Å². The highest BCUT2D eigenvalue weighted by atomic mass is 35.5. The van der Waals surface area contributed by atoms with Crippen molar-refractivity contribution in [3.8, 4) is 5.75 Å². The smallest absolute Gasteiger partial charge is 0.414 e. The van der Waals surface area contributed by atoms with E-state index >= 15 is 0 Å². The summed E-state index contributed by atoms with van der Waals surface area (Å²) in [6, 6.07) is 9.99. The van der Waals surface area contributed by atoms with E-state index in [9.17, 15) is 14.7 Å². The quantitative estimate of drug-likeness (QED) is 0.438. The predicted octanol–water partition coefficient (Wildman–Crippen LogP) is 6.01. The summed E-state index contributed by atoms with van der Waals surface area (Å²) < 4.78 is 12.7. The van der Waals surface area contributed by atoms with Crippen LogP contribution in [0.4, 0.5) is 10.5 Å². The molecule has 1 atom stereocenters. The number of aromatic nitrogens is 2. The topological polar surface area (TPSA) is 93.9 Å². The number of halogens is 1. The van der Waals surface area contributed by atoms with Gasteiger partial charge in [-0.2, -0.15) is 0 Å². The van der Waals surface area contributed by atoms with Crippen molar-refractivity contribution in [1.82, 2.24) is 9.55 Å². The zero-order valence-electron chi connectivity index (χ0n) is 21.4. The van der Waals surface area contributed by atoms with Crippen LogP contribution in [0.2, 0.25) is 5.02 Å². The number of methoxy groups -OCH3 is 2. The molecule has 1 N–H and O–H groups in total. The molecule has 37 heavy (non-hydrogen) atoms. The molecule has 196 valence electrons. The number of rotatable bonds is 5. The van der Waals surface area contributed by atoms with E-state index in [0.29, 0.717) is 30.0 Å². The van der Waals surface area contributed by atoms with Crippen LogP contribution in [0, 0.1) is 5.92 Å². The van der Waals surface area contributed by atoms with Crippen LogP contribution in [-0.2, 0) is 22.4 Å². The lowest BCUT2D eigenvalue weighted by atomic mass is 9.85. The average Bonchev–Trinajstić information content (AvgIpc) is 3.26. The van der Waals surface area contributed by atoms with Crippen LogP contribution >= 0.6 is 11.6 Å². The molecule has 2 heterocycles. The number of hydrogen-bond donors (Lipinski definition) is 1. The minimum absolute atomic E-state index is 0.0340. The van der Waals surface area contributed by atoms with Gasteiger partial charge >= 0.3 is 12.1 Å². The maximum atomic E-state index is 12.6. The van der Waals surface area contributed by atoms with Gasteiger partial charge in [-0.15, -0.1) is 0 Å². The molecule has 1 aromatic heterocycles. The Kier molecular flexibility index (Phi) is 7.03. The normalized spacial score (nSPS) is 21.5. The number of carbonyl (C=O) groups excluding carboxylic acids is 1. The van der Waals surface area contributed by atoms with Gasteiger partial charge in [-0.1, -0.05) is 17.7 Å². The maximum Gasteiger partial charge on any atom is 0.414 e. The fourth-order valence-electron chi connectivity index (χ4n) is 5.94. The van der Waals surface area contributed by atoms with Crippen molar-refractivity contribution in [2.75, 3.05) is 19.1 Å². The largest absolute Gasteiger partial charge is 0.495 e. The molecule has 1 fully saturated rings. The first-order valence-corrected chi connectivity index (χ1v) is 13.1. The van der Waals surface area contributed by atoms with Crippen molar-refractivity contribution in [2.45, 2.75) is 64.0 Å². The number of fused-ring (bicyclic) bond motifs is 3. The molecular weight excluding hydrogens is 494 g/mol. The summed E-state index contributed by atoms with van der Waals surface area (Å²) >= 11 is 6.42. The van der Waals surface area contributed by atoms with Crippen LogP contribution in [-0.4, -0.2) is 47.0 Å². The Labute approximate surface area is 221 Å². The van der Waals surface area contributed by atoms with Gasteiger partial charge in [0, 0.05) is 24.1 Å². The second kappa shape index (κ2) is 10.2. The number of benzene rings is 2. The first kappa shape index (κ1) is 25.4. The molecule has 0 bridgehead atoms. The summed E-state index contributed by atoms with van der Waals surface area (Å²) in [4.78, 5) is 31.1. The molecule has 1 saturated carbocycles. The van der Waals surface area contributed by atoms with Crippen molar-refractivity contribution < 1.29 is 24.2 Å². The van der Waals surface area contributed by atoms with E-state index in [0.717, 1.165) is 59.4 Å². The summed E-state index contributed by atoms with van der Waals surface area (Å²) in [6.07, 6.45) is 4.69. The maximum absolute atomic E-state index is 12.6. The van der Waals surface area contributed by atoms with Gasteiger partial charge in [0.2, 0.25) is 0 Å². The number of imidazole rings is 1. The SMILES string of the molecule is COC(=O)N1c2ccc3c(nc(Cc4ccc(OC)c(Cl)c4)n3C3CCC(C(=O)O)CC3)c2CCC1C. The summed E-state index contributed by atoms with van der Waals surface area (Å²) in [6.45, 7) is 2.03. The molecule has 0 radical (unpaired) electrons. The minimum Gasteiger partial charge on any atom is -0.495 e. The third-order valence-corrected chi connectivity index (χ3v) is 8.18. The Balaban J connectivity index is 1.61. The van der Waals surface area contributed by atoms with Crippen molar-refractivity contribution in [1.29, 1.82) is 0 Å². The molecule has 9 heteroatoms. The number of carboxylic acids is 1. The Morgan fingerprint density at radius 2 is 1.86 bits per heavy atom. The van der Waals surface area contributed by atoms with E-state index in [4.69, 9.17) is 26.1 Å². The van der Waals surface area contributed by atoms with E-state index in [1.54, 1.807) is 12.0 Å². The summed E-state index contributed by atoms with van der Waals surface area (Å²) in [7, 11) is 3.00. The molecule has 1 aliphatic carbocycles. The van der Waals surface area contributed by atoms with E-state index in [1.807, 2.05) is 37.3 Å². The van der Waals surface area contributed by atoms with Gasteiger partial charge < -0.3 is 19.1 Å². The van der Waals surface area contributed by atoms with Crippen molar-refractivity contribution in [3.63, 3.8) is 0 Å². The number of carboxylic acid groups (broad SMARTS) is 1. The number of aryl methyl sites for hydroxylation is 1. The number of amides is 1. The van der Waals surface area contributed by atoms with Crippen LogP contribution < -0.4 is 9.64 Å². The molecule has 0 saturated heterocycles. The van der Waals surface area contributed by atoms with Gasteiger partial charge in [0.05, 0.1) is 41.9 Å². The lowest BCUT2D eigenvalue weighted by molar-refractivity contribution is -0.143. The van der Waals surface area contributed by atoms with Gasteiger partial charge in [0.25, 0.3) is 0 Å². The lowest BCUT2D eigenvalue weighted by Crippen LogP contribution is -2.42. The molecule has 5 rings (SSSR count). The van der Waals surface area contributed by atoms with Gasteiger partial charge in [0.1, 0.15) is 11.6 Å². The Hall–Kier alpha value is -3.26. The molecule has 8 nitrogen and oxygen atoms in total. The monoisotopic (exact) mass is 525 g/mol. The molecule has 1 amide bonds. The number of aliphatic carboxylic acids is 1. The molecular formula is C28H32ClN3O5. The highest BCUT2D eigenvalue weighted by molar-refractivity contribution is 6.32. The van der Waals surface area contributed by atoms with E-state index < -0.39 is 5.97 Å². The standard InChI is InChI=1S/C28H32ClN3O5/c1-16-4-10-20-22(31(16)28(35)37-3)11-12-23-26(20)30-25(15-17-5-13-24(36-2)21(29)14-17)32(23)19-8-6-18(7-9-19)27(33)34/h5,11-14,16,18-19H,4,6-10,15H2,1-3H3,(H,33,34). The first-order valence-electron chi connectivity index (χ1n) is 12.8. The van der Waals surface area contributed by atoms with Crippen LogP contribution in [0.5, 0.6) is 5.75 Å². The molecule has 2 aromatic carbocycles. The zero-order valence-corrected chi connectivity index (χ0v) is 22.1. The fourth-order valence-corrected chi connectivity index (χ4v) is 6.22. The minimum atomic E-state index is -0.715. The van der Waals surface area contributed by atoms with Crippen LogP contribution in [0.25, 0.3) is 11.0 Å². The van der Waals surface area contributed by atoms with E-state index in [1.165, 1.54) is 7.11 Å². The lowest BCUT2D eigenvalue weighted by Gasteiger charge is -2.34. The van der Waals surface area contributed by atoms with Crippen molar-refractivity contribution in [3.05, 3.63) is 52.3 Å². The Bertz CT molecular complexity index is 1350. The second-order valence-electron chi connectivity index (χ2n) is 10.0. The Morgan fingerprint density at radius 3 is 2.51 bits per heavy atom. The first-order chi connectivity index (χ1) is 17.8. The molecule has 1 unspecified atom stereocenters. The highest BCUT2D eigenvalue weighted by Gasteiger charge is 2.33. The van der Waals surface area contributed by atoms with Gasteiger partial charge in [-0.3, -0.25) is 9.69 Å². The molecule has 1 aliphatic heterocycles. The fraction of sp³-hybridized carbons (Fsp3) is 0.464. The van der Waals surface area contributed by atoms with Gasteiger partial charge in [-0.05, 0) is 75.3 Å². The number of ether oxygens (including phenoxy) is 2. The third-order valence-electron chi connectivity index (χ3n) is 7.89. The molecule has 2 aliphatic rings.